The molecular formula is C12H14FN3. The summed E-state index contributed by atoms with van der Waals surface area (Å²) < 4.78 is 15.1. The van der Waals surface area contributed by atoms with Crippen LogP contribution >= 0.6 is 0 Å². The lowest BCUT2D eigenvalue weighted by atomic mass is 10.2. The van der Waals surface area contributed by atoms with Crippen LogP contribution in [0.3, 0.4) is 0 Å². The zero-order valence-electron chi connectivity index (χ0n) is 9.37. The molecule has 0 aliphatic rings. The molecule has 0 bridgehead atoms. The number of hydrogen-bond donors (Lipinski definition) is 1. The molecule has 0 amide bonds. The first-order valence-corrected chi connectivity index (χ1v) is 5.16. The second-order valence-electron chi connectivity index (χ2n) is 3.75. The number of benzene rings is 1. The van der Waals surface area contributed by atoms with E-state index in [1.165, 1.54) is 12.1 Å². The van der Waals surface area contributed by atoms with Crippen molar-refractivity contribution in [3.8, 4) is 5.69 Å². The van der Waals surface area contributed by atoms with E-state index in [4.69, 9.17) is 0 Å². The molecule has 0 aliphatic carbocycles. The van der Waals surface area contributed by atoms with Crippen molar-refractivity contribution in [2.75, 3.05) is 7.05 Å². The molecule has 1 aromatic carbocycles. The highest BCUT2D eigenvalue weighted by Crippen LogP contribution is 2.13. The molecule has 0 unspecified atom stereocenters. The van der Waals surface area contributed by atoms with Crippen LogP contribution in [0.25, 0.3) is 5.69 Å². The molecule has 0 saturated heterocycles. The fourth-order valence-electron chi connectivity index (χ4n) is 1.63. The Morgan fingerprint density at radius 1 is 1.38 bits per heavy atom. The van der Waals surface area contributed by atoms with Crippen molar-refractivity contribution in [2.24, 2.45) is 0 Å². The van der Waals surface area contributed by atoms with Crippen molar-refractivity contribution in [3.63, 3.8) is 0 Å². The Kier molecular flexibility index (Phi) is 3.01. The van der Waals surface area contributed by atoms with Crippen LogP contribution in [0.1, 0.15) is 11.3 Å². The molecule has 16 heavy (non-hydrogen) atoms. The van der Waals surface area contributed by atoms with Gasteiger partial charge in [-0.3, -0.25) is 0 Å². The Morgan fingerprint density at radius 3 is 2.81 bits per heavy atom. The zero-order valence-corrected chi connectivity index (χ0v) is 9.37. The number of hydrogen-bond acceptors (Lipinski definition) is 2. The molecule has 1 aromatic heterocycles. The fourth-order valence-corrected chi connectivity index (χ4v) is 1.63. The van der Waals surface area contributed by atoms with Gasteiger partial charge < -0.3 is 5.32 Å². The second-order valence-corrected chi connectivity index (χ2v) is 3.75. The number of nitrogens with one attached hydrogen (secondary N) is 1. The molecule has 0 saturated carbocycles. The van der Waals surface area contributed by atoms with E-state index in [0.717, 1.165) is 16.9 Å². The molecule has 0 radical (unpaired) electrons. The van der Waals surface area contributed by atoms with Crippen LogP contribution in [0.15, 0.2) is 30.5 Å². The van der Waals surface area contributed by atoms with Crippen LogP contribution < -0.4 is 5.32 Å². The number of aryl methyl sites for hydroxylation is 1. The van der Waals surface area contributed by atoms with Gasteiger partial charge in [-0.05, 0) is 43.8 Å². The topological polar surface area (TPSA) is 29.9 Å². The normalized spacial score (nSPS) is 10.7. The lowest BCUT2D eigenvalue weighted by Crippen LogP contribution is -2.06. The van der Waals surface area contributed by atoms with Crippen LogP contribution in [0.5, 0.6) is 0 Å². The molecule has 0 atom stereocenters. The van der Waals surface area contributed by atoms with Crippen molar-refractivity contribution in [1.82, 2.24) is 15.1 Å². The number of nitrogens with zero attached hydrogens (tertiary/aromatic N) is 2. The highest BCUT2D eigenvalue weighted by atomic mass is 19.1. The zero-order chi connectivity index (χ0) is 11.5. The first-order chi connectivity index (χ1) is 7.69. The lowest BCUT2D eigenvalue weighted by Gasteiger charge is -2.05. The highest BCUT2D eigenvalue weighted by Gasteiger charge is 2.03. The summed E-state index contributed by atoms with van der Waals surface area (Å²) in [4.78, 5) is 0. The maximum Gasteiger partial charge on any atom is 0.125 e. The maximum atomic E-state index is 13.4. The maximum absolute atomic E-state index is 13.4. The van der Waals surface area contributed by atoms with E-state index in [1.54, 1.807) is 4.68 Å². The summed E-state index contributed by atoms with van der Waals surface area (Å²) in [5, 5.41) is 7.25. The quantitative estimate of drug-likeness (QED) is 0.856. The minimum Gasteiger partial charge on any atom is -0.316 e. The SMILES string of the molecule is CNCc1cc(F)cc(-n2ccc(C)n2)c1. The van der Waals surface area contributed by atoms with Gasteiger partial charge in [0.2, 0.25) is 0 Å². The van der Waals surface area contributed by atoms with Gasteiger partial charge in [-0.25, -0.2) is 9.07 Å². The molecule has 0 fully saturated rings. The van der Waals surface area contributed by atoms with E-state index in [1.807, 2.05) is 32.3 Å². The number of halogens is 1. The van der Waals surface area contributed by atoms with Gasteiger partial charge in [-0.15, -0.1) is 0 Å². The Labute approximate surface area is 93.9 Å². The summed E-state index contributed by atoms with van der Waals surface area (Å²) in [5.41, 5.74) is 2.57. The van der Waals surface area contributed by atoms with Crippen molar-refractivity contribution in [1.29, 1.82) is 0 Å². The third-order valence-corrected chi connectivity index (χ3v) is 2.31. The van der Waals surface area contributed by atoms with E-state index >= 15 is 0 Å². The summed E-state index contributed by atoms with van der Waals surface area (Å²) in [5.74, 6) is -0.240. The van der Waals surface area contributed by atoms with Crippen molar-refractivity contribution in [2.45, 2.75) is 13.5 Å². The molecule has 4 heteroatoms. The lowest BCUT2D eigenvalue weighted by molar-refractivity contribution is 0.621. The molecule has 1 heterocycles. The highest BCUT2D eigenvalue weighted by molar-refractivity contribution is 5.36. The van der Waals surface area contributed by atoms with Crippen molar-refractivity contribution < 1.29 is 4.39 Å². The first kappa shape index (κ1) is 10.8. The van der Waals surface area contributed by atoms with Crippen molar-refractivity contribution in [3.05, 3.63) is 47.5 Å². The summed E-state index contributed by atoms with van der Waals surface area (Å²) in [7, 11) is 1.84. The van der Waals surface area contributed by atoms with Crippen LogP contribution in [-0.2, 0) is 6.54 Å². The van der Waals surface area contributed by atoms with Gasteiger partial charge in [-0.1, -0.05) is 0 Å². The van der Waals surface area contributed by atoms with Gasteiger partial charge in [0.25, 0.3) is 0 Å². The molecule has 84 valence electrons. The van der Waals surface area contributed by atoms with Crippen LogP contribution in [0.4, 0.5) is 4.39 Å². The van der Waals surface area contributed by atoms with E-state index in [2.05, 4.69) is 10.4 Å². The molecule has 3 nitrogen and oxygen atoms in total. The van der Waals surface area contributed by atoms with Crippen LogP contribution in [0.2, 0.25) is 0 Å². The van der Waals surface area contributed by atoms with Gasteiger partial charge in [0.1, 0.15) is 5.82 Å². The van der Waals surface area contributed by atoms with Crippen LogP contribution in [0, 0.1) is 12.7 Å². The van der Waals surface area contributed by atoms with Gasteiger partial charge >= 0.3 is 0 Å². The van der Waals surface area contributed by atoms with E-state index in [9.17, 15) is 4.39 Å². The fraction of sp³-hybridized carbons (Fsp3) is 0.250. The smallest absolute Gasteiger partial charge is 0.125 e. The summed E-state index contributed by atoms with van der Waals surface area (Å²) in [6.45, 7) is 2.55. The van der Waals surface area contributed by atoms with Gasteiger partial charge in [0, 0.05) is 12.7 Å². The van der Waals surface area contributed by atoms with Gasteiger partial charge in [0.15, 0.2) is 0 Å². The van der Waals surface area contributed by atoms with Gasteiger partial charge in [-0.2, -0.15) is 5.10 Å². The standard InChI is InChI=1S/C12H14FN3/c1-9-3-4-16(15-9)12-6-10(8-14-2)5-11(13)7-12/h3-7,14H,8H2,1-2H3. The van der Waals surface area contributed by atoms with E-state index in [0.29, 0.717) is 6.54 Å². The average Bonchev–Trinajstić information content (AvgIpc) is 2.64. The van der Waals surface area contributed by atoms with E-state index in [-0.39, 0.29) is 5.82 Å². The molecule has 2 rings (SSSR count). The van der Waals surface area contributed by atoms with Crippen LogP contribution in [-0.4, -0.2) is 16.8 Å². The Balaban J connectivity index is 2.40. The second kappa shape index (κ2) is 4.45. The third-order valence-electron chi connectivity index (χ3n) is 2.31. The monoisotopic (exact) mass is 219 g/mol. The van der Waals surface area contributed by atoms with Gasteiger partial charge in [0.05, 0.1) is 11.4 Å². The minimum absolute atomic E-state index is 0.240. The summed E-state index contributed by atoms with van der Waals surface area (Å²) >= 11 is 0. The molecule has 1 N–H and O–H groups in total. The largest absolute Gasteiger partial charge is 0.316 e. The Bertz CT molecular complexity index is 491. The number of aromatic nitrogens is 2. The Hall–Kier alpha value is -1.68. The van der Waals surface area contributed by atoms with Crippen molar-refractivity contribution >= 4 is 0 Å². The molecule has 0 aliphatic heterocycles. The molecule has 2 aromatic rings. The number of rotatable bonds is 3. The summed E-state index contributed by atoms with van der Waals surface area (Å²) in [6, 6.07) is 6.82. The summed E-state index contributed by atoms with van der Waals surface area (Å²) in [6.07, 6.45) is 1.83. The first-order valence-electron chi connectivity index (χ1n) is 5.16. The molecule has 0 spiro atoms. The minimum atomic E-state index is -0.240. The predicted molar refractivity (Wildman–Crippen MR) is 61.0 cm³/mol. The van der Waals surface area contributed by atoms with E-state index < -0.39 is 0 Å². The third kappa shape index (κ3) is 2.28. The average molecular weight is 219 g/mol. The Morgan fingerprint density at radius 2 is 2.19 bits per heavy atom. The predicted octanol–water partition coefficient (Wildman–Crippen LogP) is 2.04. The molecular weight excluding hydrogens is 205 g/mol.